The van der Waals surface area contributed by atoms with E-state index in [4.69, 9.17) is 0 Å². The molecule has 0 aromatic carbocycles. The van der Waals surface area contributed by atoms with Gasteiger partial charge in [0.05, 0.1) is 6.10 Å². The van der Waals surface area contributed by atoms with Crippen LogP contribution in [0.3, 0.4) is 0 Å². The second-order valence-corrected chi connectivity index (χ2v) is 6.11. The molecular formula is C14H27NO. The molecule has 16 heavy (non-hydrogen) atoms. The van der Waals surface area contributed by atoms with Crippen molar-refractivity contribution in [3.8, 4) is 0 Å². The predicted molar refractivity (Wildman–Crippen MR) is 67.3 cm³/mol. The molecule has 2 nitrogen and oxygen atoms in total. The van der Waals surface area contributed by atoms with E-state index in [2.05, 4.69) is 19.2 Å². The highest BCUT2D eigenvalue weighted by Crippen LogP contribution is 2.33. The zero-order valence-corrected chi connectivity index (χ0v) is 10.8. The van der Waals surface area contributed by atoms with Crippen LogP contribution in [0.25, 0.3) is 0 Å². The van der Waals surface area contributed by atoms with Crippen LogP contribution in [0.2, 0.25) is 0 Å². The molecule has 3 atom stereocenters. The van der Waals surface area contributed by atoms with Crippen LogP contribution in [0.15, 0.2) is 0 Å². The summed E-state index contributed by atoms with van der Waals surface area (Å²) in [6.07, 6.45) is 7.82. The Kier molecular flexibility index (Phi) is 4.26. The standard InChI is InChI=1S/C14H27NO/c1-10(2)12-5-3-4-6-13(12)15-9-14(16)11-7-8-11/h10-16H,3-9H2,1-2H3. The number of aliphatic hydroxyl groups excluding tert-OH is 1. The first-order valence-electron chi connectivity index (χ1n) is 7.10. The lowest BCUT2D eigenvalue weighted by atomic mass is 9.78. The van der Waals surface area contributed by atoms with Crippen LogP contribution in [-0.2, 0) is 0 Å². The van der Waals surface area contributed by atoms with Crippen LogP contribution in [0.4, 0.5) is 0 Å². The molecule has 2 fully saturated rings. The zero-order valence-electron chi connectivity index (χ0n) is 10.8. The Morgan fingerprint density at radius 2 is 1.81 bits per heavy atom. The number of nitrogens with one attached hydrogen (secondary N) is 1. The largest absolute Gasteiger partial charge is 0.392 e. The minimum Gasteiger partial charge on any atom is -0.392 e. The van der Waals surface area contributed by atoms with Crippen molar-refractivity contribution in [2.75, 3.05) is 6.54 Å². The van der Waals surface area contributed by atoms with Gasteiger partial charge < -0.3 is 10.4 Å². The lowest BCUT2D eigenvalue weighted by Gasteiger charge is -2.35. The molecule has 0 radical (unpaired) electrons. The first kappa shape index (κ1) is 12.4. The van der Waals surface area contributed by atoms with Gasteiger partial charge in [0.1, 0.15) is 0 Å². The molecule has 0 aromatic rings. The molecule has 0 bridgehead atoms. The van der Waals surface area contributed by atoms with Crippen molar-refractivity contribution in [2.45, 2.75) is 64.5 Å². The maximum atomic E-state index is 9.88. The molecule has 0 saturated heterocycles. The third kappa shape index (κ3) is 3.21. The Morgan fingerprint density at radius 3 is 2.44 bits per heavy atom. The average Bonchev–Trinajstić information content (AvgIpc) is 3.10. The molecule has 0 spiro atoms. The molecule has 2 N–H and O–H groups in total. The van der Waals surface area contributed by atoms with E-state index in [0.717, 1.165) is 18.4 Å². The highest BCUT2D eigenvalue weighted by Gasteiger charge is 2.32. The number of aliphatic hydroxyl groups is 1. The summed E-state index contributed by atoms with van der Waals surface area (Å²) in [4.78, 5) is 0. The quantitative estimate of drug-likeness (QED) is 0.753. The molecule has 2 saturated carbocycles. The third-order valence-corrected chi connectivity index (χ3v) is 4.43. The van der Waals surface area contributed by atoms with Crippen molar-refractivity contribution in [1.29, 1.82) is 0 Å². The number of rotatable bonds is 5. The van der Waals surface area contributed by atoms with Gasteiger partial charge in [0.15, 0.2) is 0 Å². The topological polar surface area (TPSA) is 32.3 Å². The summed E-state index contributed by atoms with van der Waals surface area (Å²) in [5.41, 5.74) is 0. The monoisotopic (exact) mass is 225 g/mol. The maximum absolute atomic E-state index is 9.88. The van der Waals surface area contributed by atoms with E-state index in [-0.39, 0.29) is 6.10 Å². The van der Waals surface area contributed by atoms with Crippen molar-refractivity contribution >= 4 is 0 Å². The first-order valence-corrected chi connectivity index (χ1v) is 7.10. The molecule has 0 heterocycles. The second-order valence-electron chi connectivity index (χ2n) is 6.11. The Hall–Kier alpha value is -0.0800. The smallest absolute Gasteiger partial charge is 0.0692 e. The summed E-state index contributed by atoms with van der Waals surface area (Å²) < 4.78 is 0. The predicted octanol–water partition coefficient (Wildman–Crippen LogP) is 2.56. The SMILES string of the molecule is CC(C)C1CCCCC1NCC(O)C1CC1. The van der Waals surface area contributed by atoms with Gasteiger partial charge >= 0.3 is 0 Å². The molecule has 2 rings (SSSR count). The molecule has 2 aliphatic rings. The Labute approximate surface area is 99.8 Å². The lowest BCUT2D eigenvalue weighted by Crippen LogP contribution is -2.44. The number of hydrogen-bond donors (Lipinski definition) is 2. The van der Waals surface area contributed by atoms with Gasteiger partial charge in [0.25, 0.3) is 0 Å². The summed E-state index contributed by atoms with van der Waals surface area (Å²) in [6, 6.07) is 0.655. The Morgan fingerprint density at radius 1 is 1.12 bits per heavy atom. The Balaban J connectivity index is 1.76. The summed E-state index contributed by atoms with van der Waals surface area (Å²) in [5, 5.41) is 13.5. The highest BCUT2D eigenvalue weighted by atomic mass is 16.3. The van der Waals surface area contributed by atoms with Gasteiger partial charge in [-0.2, -0.15) is 0 Å². The molecule has 94 valence electrons. The van der Waals surface area contributed by atoms with Crippen molar-refractivity contribution in [3.63, 3.8) is 0 Å². The van der Waals surface area contributed by atoms with Crippen molar-refractivity contribution in [2.24, 2.45) is 17.8 Å². The fraction of sp³-hybridized carbons (Fsp3) is 1.00. The van der Waals surface area contributed by atoms with Gasteiger partial charge in [-0.3, -0.25) is 0 Å². The minimum absolute atomic E-state index is 0.0882. The van der Waals surface area contributed by atoms with E-state index in [0.29, 0.717) is 12.0 Å². The molecule has 0 aliphatic heterocycles. The molecule has 2 heteroatoms. The normalized spacial score (nSPS) is 33.0. The average molecular weight is 225 g/mol. The highest BCUT2D eigenvalue weighted by molar-refractivity contribution is 4.87. The Bertz CT molecular complexity index is 213. The van der Waals surface area contributed by atoms with Gasteiger partial charge in [-0.05, 0) is 43.4 Å². The van der Waals surface area contributed by atoms with Crippen LogP contribution in [-0.4, -0.2) is 23.8 Å². The molecule has 0 amide bonds. The van der Waals surface area contributed by atoms with E-state index >= 15 is 0 Å². The fourth-order valence-corrected chi connectivity index (χ4v) is 3.13. The van der Waals surface area contributed by atoms with Crippen molar-refractivity contribution < 1.29 is 5.11 Å². The van der Waals surface area contributed by atoms with Gasteiger partial charge in [-0.1, -0.05) is 26.7 Å². The summed E-state index contributed by atoms with van der Waals surface area (Å²) >= 11 is 0. The van der Waals surface area contributed by atoms with Crippen LogP contribution < -0.4 is 5.32 Å². The van der Waals surface area contributed by atoms with Crippen LogP contribution in [0.5, 0.6) is 0 Å². The van der Waals surface area contributed by atoms with E-state index in [1.165, 1.54) is 38.5 Å². The maximum Gasteiger partial charge on any atom is 0.0692 e. The lowest BCUT2D eigenvalue weighted by molar-refractivity contribution is 0.126. The summed E-state index contributed by atoms with van der Waals surface area (Å²) in [6.45, 7) is 5.49. The second kappa shape index (κ2) is 5.50. The van der Waals surface area contributed by atoms with Crippen LogP contribution in [0, 0.1) is 17.8 Å². The van der Waals surface area contributed by atoms with Crippen LogP contribution >= 0.6 is 0 Å². The van der Waals surface area contributed by atoms with E-state index < -0.39 is 0 Å². The van der Waals surface area contributed by atoms with Gasteiger partial charge in [0, 0.05) is 12.6 Å². The van der Waals surface area contributed by atoms with Crippen molar-refractivity contribution in [3.05, 3.63) is 0 Å². The summed E-state index contributed by atoms with van der Waals surface area (Å²) in [7, 11) is 0. The third-order valence-electron chi connectivity index (χ3n) is 4.43. The van der Waals surface area contributed by atoms with E-state index in [1.807, 2.05) is 0 Å². The zero-order chi connectivity index (χ0) is 11.5. The fourth-order valence-electron chi connectivity index (χ4n) is 3.13. The minimum atomic E-state index is -0.0882. The van der Waals surface area contributed by atoms with Gasteiger partial charge in [-0.25, -0.2) is 0 Å². The van der Waals surface area contributed by atoms with Crippen LogP contribution in [0.1, 0.15) is 52.4 Å². The van der Waals surface area contributed by atoms with Gasteiger partial charge in [0.2, 0.25) is 0 Å². The molecule has 0 aromatic heterocycles. The summed E-state index contributed by atoms with van der Waals surface area (Å²) in [5.74, 6) is 2.20. The first-order chi connectivity index (χ1) is 7.68. The molecule has 2 aliphatic carbocycles. The molecule has 3 unspecified atom stereocenters. The van der Waals surface area contributed by atoms with Crippen molar-refractivity contribution in [1.82, 2.24) is 5.32 Å². The van der Waals surface area contributed by atoms with E-state index in [1.54, 1.807) is 0 Å². The number of hydrogen-bond acceptors (Lipinski definition) is 2. The van der Waals surface area contributed by atoms with Gasteiger partial charge in [-0.15, -0.1) is 0 Å². The molecular weight excluding hydrogens is 198 g/mol. The van der Waals surface area contributed by atoms with E-state index in [9.17, 15) is 5.11 Å².